The lowest BCUT2D eigenvalue weighted by Crippen LogP contribution is -2.03. The van der Waals surface area contributed by atoms with Gasteiger partial charge in [-0.05, 0) is 64.7 Å². The Kier molecular flexibility index (Phi) is 8.83. The maximum atomic E-state index is 12.7. The topological polar surface area (TPSA) is 313 Å². The van der Waals surface area contributed by atoms with Crippen molar-refractivity contribution in [2.75, 3.05) is 5.73 Å². The van der Waals surface area contributed by atoms with Crippen LogP contribution in [0.15, 0.2) is 125 Å². The van der Waals surface area contributed by atoms with Gasteiger partial charge in [0, 0.05) is 21.8 Å². The molecule has 0 aliphatic carbocycles. The van der Waals surface area contributed by atoms with E-state index in [9.17, 15) is 57.0 Å². The van der Waals surface area contributed by atoms with Crippen molar-refractivity contribution in [3.8, 4) is 5.75 Å². The quantitative estimate of drug-likeness (QED) is 0.0564. The molecule has 0 fully saturated rings. The molecule has 0 bridgehead atoms. The van der Waals surface area contributed by atoms with Gasteiger partial charge in [0.25, 0.3) is 40.5 Å². The van der Waals surface area contributed by atoms with Crippen LogP contribution in [0.2, 0.25) is 0 Å². The number of hydrogen-bond acceptors (Lipinski definition) is 14. The number of rotatable bonds is 8. The fourth-order valence-corrected chi connectivity index (χ4v) is 7.66. The van der Waals surface area contributed by atoms with Crippen LogP contribution in [0.5, 0.6) is 5.75 Å². The van der Waals surface area contributed by atoms with E-state index in [1.807, 2.05) is 0 Å². The Morgan fingerprint density at radius 1 is 0.500 bits per heavy atom. The Balaban J connectivity index is 1.52. The highest BCUT2D eigenvalue weighted by Crippen LogP contribution is 2.46. The third kappa shape index (κ3) is 7.04. The summed E-state index contributed by atoms with van der Waals surface area (Å²) in [6.45, 7) is 0. The monoisotopic (exact) mass is 787 g/mol. The molecular formula is C30H21N5O13S4. The van der Waals surface area contributed by atoms with Crippen LogP contribution in [0.25, 0.3) is 32.3 Å². The van der Waals surface area contributed by atoms with Crippen LogP contribution in [0, 0.1) is 0 Å². The second-order valence-electron chi connectivity index (χ2n) is 11.0. The summed E-state index contributed by atoms with van der Waals surface area (Å²) in [7, 11) is -19.7. The van der Waals surface area contributed by atoms with Crippen LogP contribution in [0.1, 0.15) is 0 Å². The molecule has 18 nitrogen and oxygen atoms in total. The van der Waals surface area contributed by atoms with Gasteiger partial charge in [-0.25, -0.2) is 0 Å². The number of nitrogen functional groups attached to an aromatic ring is 1. The number of fused-ring (bicyclic) bond motifs is 3. The first kappa shape index (κ1) is 36.3. The lowest BCUT2D eigenvalue weighted by molar-refractivity contribution is 0.472. The van der Waals surface area contributed by atoms with Crippen molar-refractivity contribution in [2.24, 2.45) is 20.5 Å². The van der Waals surface area contributed by atoms with Crippen molar-refractivity contribution in [3.05, 3.63) is 84.9 Å². The molecule has 0 aromatic heterocycles. The Morgan fingerprint density at radius 2 is 1.06 bits per heavy atom. The number of hydrogen-bond donors (Lipinski definition) is 6. The summed E-state index contributed by atoms with van der Waals surface area (Å²) in [4.78, 5) is -3.07. The van der Waals surface area contributed by atoms with Crippen LogP contribution < -0.4 is 5.73 Å². The molecule has 0 aliphatic heterocycles. The van der Waals surface area contributed by atoms with E-state index in [2.05, 4.69) is 20.5 Å². The van der Waals surface area contributed by atoms with Gasteiger partial charge in [0.05, 0.1) is 21.2 Å². The molecule has 0 aliphatic rings. The first-order valence-electron chi connectivity index (χ1n) is 14.0. The molecule has 0 heterocycles. The molecule has 0 saturated carbocycles. The predicted octanol–water partition coefficient (Wildman–Crippen LogP) is 6.25. The van der Waals surface area contributed by atoms with Crippen molar-refractivity contribution in [3.63, 3.8) is 0 Å². The molecule has 22 heteroatoms. The van der Waals surface area contributed by atoms with E-state index in [1.165, 1.54) is 54.6 Å². The van der Waals surface area contributed by atoms with E-state index < -0.39 is 78.0 Å². The van der Waals surface area contributed by atoms with Crippen molar-refractivity contribution < 1.29 is 57.0 Å². The minimum Gasteiger partial charge on any atom is -0.505 e. The van der Waals surface area contributed by atoms with Gasteiger partial charge >= 0.3 is 0 Å². The van der Waals surface area contributed by atoms with Crippen LogP contribution in [-0.4, -0.2) is 57.0 Å². The standard InChI is InChI=1S/C30H21N5O13S4/c31-23-13-20(50(40,41)42)11-17-12-25(51(43,44)45)29(30(36)27(17)23)35-34-28-22-4-2-1-3-21(22)24(14-26(28)52(46,47)48)33-32-18-7-5-16-10-19(49(37,38)39)8-6-15(16)9-18/h1-14,36H,31H2,(H,37,38,39)(H,40,41,42)(H,43,44,45)(H,46,47,48)/b33-32+,35-34+. The SMILES string of the molecule is Nc1cc(S(=O)(=O)O)cc2cc(S(=O)(=O)O)c(/N=N/c3c(S(=O)(=O)O)cc(/N=N/c4ccc5cc(S(=O)(=O)O)ccc5c4)c4ccccc34)c(O)c12. The summed E-state index contributed by atoms with van der Waals surface area (Å²) in [5.41, 5.74) is 4.06. The van der Waals surface area contributed by atoms with Gasteiger partial charge in [0.2, 0.25) is 0 Å². The number of azo groups is 2. The summed E-state index contributed by atoms with van der Waals surface area (Å²) < 4.78 is 135. The Labute approximate surface area is 293 Å². The summed E-state index contributed by atoms with van der Waals surface area (Å²) in [5, 5.41) is 27.4. The lowest BCUT2D eigenvalue weighted by atomic mass is 10.1. The van der Waals surface area contributed by atoms with Gasteiger partial charge in [-0.15, -0.1) is 15.3 Å². The Morgan fingerprint density at radius 3 is 1.69 bits per heavy atom. The molecule has 6 aromatic rings. The van der Waals surface area contributed by atoms with Gasteiger partial charge in [0.1, 0.15) is 21.2 Å². The second-order valence-corrected chi connectivity index (χ2v) is 16.6. The molecule has 0 atom stereocenters. The summed E-state index contributed by atoms with van der Waals surface area (Å²) in [5.74, 6) is -1.03. The number of phenolic OH excluding ortho intramolecular Hbond substituents is 1. The van der Waals surface area contributed by atoms with Gasteiger partial charge in [-0.1, -0.05) is 36.4 Å². The largest absolute Gasteiger partial charge is 0.505 e. The maximum absolute atomic E-state index is 12.7. The maximum Gasteiger partial charge on any atom is 0.296 e. The number of nitrogens with two attached hydrogens (primary N) is 1. The number of phenols is 1. The molecule has 0 spiro atoms. The molecule has 6 aromatic carbocycles. The highest BCUT2D eigenvalue weighted by Gasteiger charge is 2.26. The second kappa shape index (κ2) is 12.6. The van der Waals surface area contributed by atoms with E-state index in [0.717, 1.165) is 18.2 Å². The van der Waals surface area contributed by atoms with E-state index >= 15 is 0 Å². The minimum atomic E-state index is -5.26. The Bertz CT molecular complexity index is 3040. The third-order valence-corrected chi connectivity index (χ3v) is 11.0. The summed E-state index contributed by atoms with van der Waals surface area (Å²) in [6, 6.07) is 17.3. The minimum absolute atomic E-state index is 0.0161. The van der Waals surface area contributed by atoms with Crippen molar-refractivity contribution in [1.82, 2.24) is 0 Å². The highest BCUT2D eigenvalue weighted by molar-refractivity contribution is 7.86. The van der Waals surface area contributed by atoms with E-state index in [0.29, 0.717) is 16.8 Å². The zero-order valence-electron chi connectivity index (χ0n) is 25.6. The highest BCUT2D eigenvalue weighted by atomic mass is 32.2. The molecule has 0 saturated heterocycles. The number of benzene rings is 6. The van der Waals surface area contributed by atoms with Gasteiger partial charge < -0.3 is 10.8 Å². The molecule has 268 valence electrons. The number of nitrogens with zero attached hydrogens (tertiary/aromatic N) is 4. The van der Waals surface area contributed by atoms with E-state index in [-0.39, 0.29) is 37.8 Å². The van der Waals surface area contributed by atoms with Crippen molar-refractivity contribution >= 4 is 101 Å². The molecule has 52 heavy (non-hydrogen) atoms. The molecule has 6 rings (SSSR count). The smallest absolute Gasteiger partial charge is 0.296 e. The fourth-order valence-electron chi connectivity index (χ4n) is 5.28. The molecule has 7 N–H and O–H groups in total. The number of aromatic hydroxyl groups is 1. The molecule has 0 radical (unpaired) electrons. The fraction of sp³-hybridized carbons (Fsp3) is 0. The average molecular weight is 788 g/mol. The van der Waals surface area contributed by atoms with E-state index in [4.69, 9.17) is 5.73 Å². The first-order valence-corrected chi connectivity index (χ1v) is 19.8. The average Bonchev–Trinajstić information content (AvgIpc) is 3.04. The first-order chi connectivity index (χ1) is 24.1. The molecule has 0 unspecified atom stereocenters. The Hall–Kier alpha value is -5.46. The van der Waals surface area contributed by atoms with Crippen LogP contribution in [0.4, 0.5) is 28.4 Å². The van der Waals surface area contributed by atoms with Crippen molar-refractivity contribution in [1.29, 1.82) is 0 Å². The zero-order valence-corrected chi connectivity index (χ0v) is 28.9. The van der Waals surface area contributed by atoms with E-state index in [1.54, 1.807) is 6.07 Å². The van der Waals surface area contributed by atoms with Gasteiger partial charge in [-0.2, -0.15) is 38.8 Å². The predicted molar refractivity (Wildman–Crippen MR) is 186 cm³/mol. The number of anilines is 1. The van der Waals surface area contributed by atoms with Gasteiger partial charge in [0.15, 0.2) is 5.75 Å². The van der Waals surface area contributed by atoms with Crippen molar-refractivity contribution in [2.45, 2.75) is 19.6 Å². The molecular weight excluding hydrogens is 767 g/mol. The zero-order chi connectivity index (χ0) is 38.0. The van der Waals surface area contributed by atoms with Crippen LogP contribution in [0.3, 0.4) is 0 Å². The lowest BCUT2D eigenvalue weighted by Gasteiger charge is -2.12. The van der Waals surface area contributed by atoms with Crippen LogP contribution >= 0.6 is 0 Å². The van der Waals surface area contributed by atoms with Crippen LogP contribution in [-0.2, 0) is 40.5 Å². The summed E-state index contributed by atoms with van der Waals surface area (Å²) >= 11 is 0. The third-order valence-electron chi connectivity index (χ3n) is 7.58. The summed E-state index contributed by atoms with van der Waals surface area (Å²) in [6.07, 6.45) is 0. The van der Waals surface area contributed by atoms with Gasteiger partial charge in [-0.3, -0.25) is 18.2 Å². The molecule has 0 amide bonds. The normalized spacial score (nSPS) is 13.2.